The fourth-order valence-electron chi connectivity index (χ4n) is 6.99. The maximum Gasteiger partial charge on any atom is 0.0737 e. The Hall–Kier alpha value is -5.36. The Morgan fingerprint density at radius 3 is 0.769 bits per heavy atom. The zero-order valence-corrected chi connectivity index (χ0v) is 30.3. The summed E-state index contributed by atoms with van der Waals surface area (Å²) in [5, 5.41) is 2.43. The Balaban J connectivity index is 1.51. The van der Waals surface area contributed by atoms with Crippen LogP contribution in [-0.4, -0.2) is 19.9 Å². The monoisotopic (exact) mass is 750 g/mol. The van der Waals surface area contributed by atoms with Gasteiger partial charge in [-0.3, -0.25) is 0 Å². The number of aromatic nitrogens is 4. The van der Waals surface area contributed by atoms with Gasteiger partial charge in [-0.25, -0.2) is 9.97 Å². The van der Waals surface area contributed by atoms with E-state index in [2.05, 4.69) is 34.2 Å². The molecule has 2 aliphatic rings. The topological polar surface area (TPSA) is 57.4 Å². The summed E-state index contributed by atoms with van der Waals surface area (Å²) in [5.41, 5.74) is 13.1. The van der Waals surface area contributed by atoms with Crippen LogP contribution in [0.25, 0.3) is 90.9 Å². The minimum absolute atomic E-state index is 0.609. The highest BCUT2D eigenvalue weighted by atomic mass is 35.5. The number of rotatable bonds is 4. The number of hydrogen-bond acceptors (Lipinski definition) is 2. The zero-order chi connectivity index (χ0) is 35.3. The molecular formula is C44H26Cl4N4. The minimum atomic E-state index is 0.609. The van der Waals surface area contributed by atoms with E-state index in [1.165, 1.54) is 0 Å². The second-order valence-electron chi connectivity index (χ2n) is 12.4. The molecule has 8 bridgehead atoms. The molecule has 5 heterocycles. The molecule has 0 amide bonds. The van der Waals surface area contributed by atoms with Gasteiger partial charge in [0.05, 0.1) is 22.8 Å². The predicted octanol–water partition coefficient (Wildman–Crippen LogP) is 13.9. The third-order valence-corrected chi connectivity index (χ3v) is 10.6. The van der Waals surface area contributed by atoms with Gasteiger partial charge >= 0.3 is 0 Å². The van der Waals surface area contributed by atoms with Crippen molar-refractivity contribution >= 4 is 92.8 Å². The Bertz CT molecular complexity index is 2440. The van der Waals surface area contributed by atoms with E-state index in [1.54, 1.807) is 0 Å². The van der Waals surface area contributed by atoms with Crippen LogP contribution in [0.2, 0.25) is 20.1 Å². The molecule has 0 spiro atoms. The van der Waals surface area contributed by atoms with Crippen molar-refractivity contribution in [3.63, 3.8) is 0 Å². The molecule has 0 fully saturated rings. The Kier molecular flexibility index (Phi) is 8.33. The normalized spacial score (nSPS) is 12.1. The van der Waals surface area contributed by atoms with Crippen LogP contribution in [0.4, 0.5) is 0 Å². The van der Waals surface area contributed by atoms with E-state index in [4.69, 9.17) is 56.4 Å². The Labute approximate surface area is 319 Å². The summed E-state index contributed by atoms with van der Waals surface area (Å²) >= 11 is 27.7. The molecule has 0 saturated carbocycles. The van der Waals surface area contributed by atoms with Gasteiger partial charge in [-0.05, 0) is 72.8 Å². The minimum Gasteiger partial charge on any atom is -0.354 e. The molecule has 9 rings (SSSR count). The number of fused-ring (bicyclic) bond motifs is 8. The van der Waals surface area contributed by atoms with E-state index in [1.807, 2.05) is 121 Å². The second kappa shape index (κ2) is 13.3. The molecule has 0 radical (unpaired) electrons. The number of aromatic amines is 2. The average Bonchev–Trinajstić information content (AvgIpc) is 3.99. The van der Waals surface area contributed by atoms with Gasteiger partial charge in [-0.2, -0.15) is 0 Å². The van der Waals surface area contributed by atoms with E-state index < -0.39 is 0 Å². The van der Waals surface area contributed by atoms with Gasteiger partial charge < -0.3 is 9.97 Å². The molecule has 3 aromatic heterocycles. The van der Waals surface area contributed by atoms with Crippen molar-refractivity contribution in [2.75, 3.05) is 0 Å². The third kappa shape index (κ3) is 5.65. The highest BCUT2D eigenvalue weighted by Gasteiger charge is 2.21. The molecule has 7 aromatic rings. The molecule has 250 valence electrons. The van der Waals surface area contributed by atoms with E-state index in [9.17, 15) is 0 Å². The first-order chi connectivity index (χ1) is 25.4. The molecule has 4 aromatic carbocycles. The third-order valence-electron chi connectivity index (χ3n) is 9.33. The fraction of sp³-hybridized carbons (Fsp3) is 0. The van der Waals surface area contributed by atoms with Crippen LogP contribution >= 0.6 is 46.4 Å². The maximum absolute atomic E-state index is 6.92. The molecule has 2 aliphatic heterocycles. The van der Waals surface area contributed by atoms with Gasteiger partial charge in [0, 0.05) is 86.7 Å². The summed E-state index contributed by atoms with van der Waals surface area (Å²) in [6.07, 6.45) is 8.10. The highest BCUT2D eigenvalue weighted by molar-refractivity contribution is 6.35. The van der Waals surface area contributed by atoms with Crippen LogP contribution in [0.15, 0.2) is 121 Å². The van der Waals surface area contributed by atoms with Gasteiger partial charge in [0.25, 0.3) is 0 Å². The first kappa shape index (κ1) is 32.5. The quantitative estimate of drug-likeness (QED) is 0.188. The lowest BCUT2D eigenvalue weighted by Crippen LogP contribution is -1.90. The number of H-pyrrole nitrogens is 2. The van der Waals surface area contributed by atoms with Crippen LogP contribution in [0.3, 0.4) is 0 Å². The van der Waals surface area contributed by atoms with E-state index in [-0.39, 0.29) is 0 Å². The number of nitrogens with zero attached hydrogens (tertiary/aromatic N) is 2. The number of nitrogens with one attached hydrogen (secondary N) is 2. The van der Waals surface area contributed by atoms with Crippen molar-refractivity contribution in [3.8, 4) is 44.5 Å². The summed E-state index contributed by atoms with van der Waals surface area (Å²) in [5.74, 6) is 0. The summed E-state index contributed by atoms with van der Waals surface area (Å²) in [7, 11) is 0. The van der Waals surface area contributed by atoms with Crippen LogP contribution in [-0.2, 0) is 0 Å². The number of benzene rings is 4. The van der Waals surface area contributed by atoms with Crippen molar-refractivity contribution in [3.05, 3.63) is 164 Å². The second-order valence-corrected chi connectivity index (χ2v) is 14.1. The first-order valence-electron chi connectivity index (χ1n) is 16.6. The van der Waals surface area contributed by atoms with Crippen LogP contribution in [0.1, 0.15) is 22.8 Å². The van der Waals surface area contributed by atoms with Crippen LogP contribution < -0.4 is 0 Å². The molecule has 4 nitrogen and oxygen atoms in total. The molecule has 0 saturated heterocycles. The molecule has 2 N–H and O–H groups in total. The van der Waals surface area contributed by atoms with Crippen molar-refractivity contribution in [1.29, 1.82) is 0 Å². The average molecular weight is 753 g/mol. The smallest absolute Gasteiger partial charge is 0.0737 e. The summed E-state index contributed by atoms with van der Waals surface area (Å²) in [6.45, 7) is 0. The zero-order valence-electron chi connectivity index (χ0n) is 27.3. The fourth-order valence-corrected chi connectivity index (χ4v) is 7.92. The predicted molar refractivity (Wildman–Crippen MR) is 221 cm³/mol. The summed E-state index contributed by atoms with van der Waals surface area (Å²) in [6, 6.07) is 39.4. The van der Waals surface area contributed by atoms with Crippen molar-refractivity contribution in [2.24, 2.45) is 0 Å². The molecule has 52 heavy (non-hydrogen) atoms. The Morgan fingerprint density at radius 2 is 0.538 bits per heavy atom. The number of hydrogen-bond donors (Lipinski definition) is 2. The highest BCUT2D eigenvalue weighted by Crippen LogP contribution is 2.42. The lowest BCUT2D eigenvalue weighted by atomic mass is 10.0. The molecule has 0 aliphatic carbocycles. The van der Waals surface area contributed by atoms with Gasteiger partial charge in [0.2, 0.25) is 0 Å². The molecule has 0 unspecified atom stereocenters. The van der Waals surface area contributed by atoms with Crippen LogP contribution in [0.5, 0.6) is 0 Å². The van der Waals surface area contributed by atoms with E-state index >= 15 is 0 Å². The van der Waals surface area contributed by atoms with Crippen molar-refractivity contribution in [2.45, 2.75) is 0 Å². The molecular weight excluding hydrogens is 726 g/mol. The molecule has 8 heteroatoms. The SMILES string of the molecule is Clc1ccccc1-c1c2nc(c(-c3ccccc3Cl)c3ccc([nH]3)c(-c3ccccc3Cl)c3nc(c(-c4ccccc4Cl)c4ccc1[nH]4)C=C3)C=C2. The maximum atomic E-state index is 6.92. The largest absolute Gasteiger partial charge is 0.354 e. The summed E-state index contributed by atoms with van der Waals surface area (Å²) in [4.78, 5) is 18.0. The van der Waals surface area contributed by atoms with Crippen LogP contribution in [0, 0.1) is 0 Å². The molecule has 0 atom stereocenters. The first-order valence-corrected chi connectivity index (χ1v) is 18.1. The van der Waals surface area contributed by atoms with Gasteiger partial charge in [-0.1, -0.05) is 119 Å². The van der Waals surface area contributed by atoms with E-state index in [0.717, 1.165) is 89.4 Å². The Morgan fingerprint density at radius 1 is 0.308 bits per heavy atom. The lowest BCUT2D eigenvalue weighted by molar-refractivity contribution is 1.31. The van der Waals surface area contributed by atoms with Gasteiger partial charge in [-0.15, -0.1) is 0 Å². The lowest BCUT2D eigenvalue weighted by Gasteiger charge is -2.09. The van der Waals surface area contributed by atoms with E-state index in [0.29, 0.717) is 20.1 Å². The standard InChI is InChI=1S/C44H26Cl4N4/c45-29-13-5-1-9-25(29)41-33-17-19-35(49-33)42(26-10-2-6-14-30(26)46)37-21-23-39(51-37)44(28-12-4-8-16-32(28)48)40-24-22-38(52-40)43(36-20-18-34(41)50-36)27-11-3-7-15-31(27)47/h1-24,49,52H. The van der Waals surface area contributed by atoms with Crippen molar-refractivity contribution in [1.82, 2.24) is 19.9 Å². The van der Waals surface area contributed by atoms with Gasteiger partial charge in [0.1, 0.15) is 0 Å². The van der Waals surface area contributed by atoms with Gasteiger partial charge in [0.15, 0.2) is 0 Å². The van der Waals surface area contributed by atoms with Crippen molar-refractivity contribution < 1.29 is 0 Å². The number of halogens is 4. The summed E-state index contributed by atoms with van der Waals surface area (Å²) < 4.78 is 0.